The predicted octanol–water partition coefficient (Wildman–Crippen LogP) is 3.60. The summed E-state index contributed by atoms with van der Waals surface area (Å²) in [7, 11) is 1.53. The molecule has 0 aliphatic heterocycles. The number of hydrazine groups is 1. The van der Waals surface area contributed by atoms with E-state index in [1.54, 1.807) is 50.2 Å². The number of nitrogens with zero attached hydrogens (tertiary/aromatic N) is 1. The molecule has 2 heterocycles. The smallest absolute Gasteiger partial charge is 0.293 e. The van der Waals surface area contributed by atoms with Crippen LogP contribution in [0.2, 0.25) is 0 Å². The number of amides is 3. The standard InChI is InChI=1S/C20H18BrN3O5/c1-11-10-14(12(2)28-11)19(26)23-22-18(25)13-6-4-5-7-15(13)24(3)20(27)16-8-9-17(21)29-16/h4-10H,1-3H3,(H,22,25)(H,23,26). The lowest BCUT2D eigenvalue weighted by Crippen LogP contribution is -2.42. The minimum absolute atomic E-state index is 0.119. The molecule has 9 heteroatoms. The van der Waals surface area contributed by atoms with Gasteiger partial charge in [0.05, 0.1) is 16.8 Å². The molecule has 150 valence electrons. The largest absolute Gasteiger partial charge is 0.466 e. The van der Waals surface area contributed by atoms with Crippen molar-refractivity contribution < 1.29 is 23.2 Å². The molecule has 0 unspecified atom stereocenters. The Morgan fingerprint density at radius 1 is 0.931 bits per heavy atom. The van der Waals surface area contributed by atoms with E-state index in [0.717, 1.165) is 0 Å². The van der Waals surface area contributed by atoms with Crippen LogP contribution in [0.25, 0.3) is 0 Å². The molecule has 0 bridgehead atoms. The predicted molar refractivity (Wildman–Crippen MR) is 109 cm³/mol. The molecule has 8 nitrogen and oxygen atoms in total. The molecule has 3 aromatic rings. The molecule has 2 N–H and O–H groups in total. The molecular weight excluding hydrogens is 442 g/mol. The molecule has 3 amide bonds. The lowest BCUT2D eigenvalue weighted by Gasteiger charge is -2.19. The quantitative estimate of drug-likeness (QED) is 0.579. The van der Waals surface area contributed by atoms with Gasteiger partial charge in [0.25, 0.3) is 17.7 Å². The van der Waals surface area contributed by atoms with Crippen molar-refractivity contribution in [1.29, 1.82) is 0 Å². The van der Waals surface area contributed by atoms with Gasteiger partial charge in [0.1, 0.15) is 11.5 Å². The van der Waals surface area contributed by atoms with Gasteiger partial charge in [-0.25, -0.2) is 0 Å². The van der Waals surface area contributed by atoms with Gasteiger partial charge in [0.2, 0.25) is 0 Å². The fraction of sp³-hybridized carbons (Fsp3) is 0.150. The molecule has 0 atom stereocenters. The van der Waals surface area contributed by atoms with Crippen LogP contribution in [0.15, 0.2) is 56.0 Å². The first-order valence-electron chi connectivity index (χ1n) is 8.58. The number of para-hydroxylation sites is 1. The minimum Gasteiger partial charge on any atom is -0.466 e. The summed E-state index contributed by atoms with van der Waals surface area (Å²) < 4.78 is 11.0. The number of rotatable bonds is 4. The molecule has 0 saturated carbocycles. The topological polar surface area (TPSA) is 105 Å². The summed E-state index contributed by atoms with van der Waals surface area (Å²) in [5.41, 5.74) is 5.60. The Labute approximate surface area is 175 Å². The summed E-state index contributed by atoms with van der Waals surface area (Å²) in [4.78, 5) is 38.8. The summed E-state index contributed by atoms with van der Waals surface area (Å²) in [6.07, 6.45) is 0. The monoisotopic (exact) mass is 459 g/mol. The van der Waals surface area contributed by atoms with E-state index in [9.17, 15) is 14.4 Å². The molecule has 0 saturated heterocycles. The maximum Gasteiger partial charge on any atom is 0.293 e. The first kappa shape index (κ1) is 20.4. The van der Waals surface area contributed by atoms with Crippen LogP contribution in [0.5, 0.6) is 0 Å². The third kappa shape index (κ3) is 4.40. The molecule has 0 radical (unpaired) electrons. The SMILES string of the molecule is Cc1cc(C(=O)NNC(=O)c2ccccc2N(C)C(=O)c2ccc(Br)o2)c(C)o1. The molecule has 0 fully saturated rings. The molecule has 1 aromatic carbocycles. The van der Waals surface area contributed by atoms with E-state index in [1.165, 1.54) is 18.0 Å². The maximum atomic E-state index is 12.6. The molecule has 0 aliphatic rings. The van der Waals surface area contributed by atoms with Crippen molar-refractivity contribution in [2.24, 2.45) is 0 Å². The van der Waals surface area contributed by atoms with Gasteiger partial charge in [-0.15, -0.1) is 0 Å². The number of anilines is 1. The number of halogens is 1. The van der Waals surface area contributed by atoms with Crippen LogP contribution < -0.4 is 15.8 Å². The molecule has 3 rings (SSSR count). The molecular formula is C20H18BrN3O5. The van der Waals surface area contributed by atoms with Crippen molar-refractivity contribution in [2.45, 2.75) is 13.8 Å². The summed E-state index contributed by atoms with van der Waals surface area (Å²) in [5.74, 6) is -0.348. The lowest BCUT2D eigenvalue weighted by molar-refractivity contribution is 0.0845. The second-order valence-corrected chi connectivity index (χ2v) is 7.00. The van der Waals surface area contributed by atoms with Crippen LogP contribution >= 0.6 is 15.9 Å². The fourth-order valence-corrected chi connectivity index (χ4v) is 3.07. The Morgan fingerprint density at radius 3 is 2.17 bits per heavy atom. The average Bonchev–Trinajstić information content (AvgIpc) is 3.29. The van der Waals surface area contributed by atoms with Crippen LogP contribution in [0, 0.1) is 13.8 Å². The van der Waals surface area contributed by atoms with E-state index in [4.69, 9.17) is 8.83 Å². The highest BCUT2D eigenvalue weighted by Gasteiger charge is 2.22. The second-order valence-electron chi connectivity index (χ2n) is 6.22. The van der Waals surface area contributed by atoms with Gasteiger partial charge < -0.3 is 13.7 Å². The second kappa shape index (κ2) is 8.36. The summed E-state index contributed by atoms with van der Waals surface area (Å²) in [5, 5.41) is 0. The van der Waals surface area contributed by atoms with Crippen LogP contribution in [0.3, 0.4) is 0 Å². The zero-order valence-corrected chi connectivity index (χ0v) is 17.5. The van der Waals surface area contributed by atoms with Gasteiger partial charge in [0.15, 0.2) is 10.4 Å². The Hall–Kier alpha value is -3.33. The van der Waals surface area contributed by atoms with Gasteiger partial charge in [-0.3, -0.25) is 25.2 Å². The van der Waals surface area contributed by atoms with Crippen LogP contribution in [0.1, 0.15) is 42.8 Å². The zero-order valence-electron chi connectivity index (χ0n) is 15.9. The number of benzene rings is 1. The van der Waals surface area contributed by atoms with Gasteiger partial charge in [-0.2, -0.15) is 0 Å². The highest BCUT2D eigenvalue weighted by atomic mass is 79.9. The molecule has 0 aliphatic carbocycles. The Morgan fingerprint density at radius 2 is 1.59 bits per heavy atom. The first-order chi connectivity index (χ1) is 13.8. The van der Waals surface area contributed by atoms with Crippen molar-refractivity contribution in [3.05, 3.63) is 75.5 Å². The Kier molecular flexibility index (Phi) is 5.88. The van der Waals surface area contributed by atoms with Gasteiger partial charge in [-0.1, -0.05) is 12.1 Å². The Balaban J connectivity index is 1.75. The molecule has 29 heavy (non-hydrogen) atoms. The van der Waals surface area contributed by atoms with Crippen molar-refractivity contribution in [2.75, 3.05) is 11.9 Å². The Bertz CT molecular complexity index is 1090. The van der Waals surface area contributed by atoms with E-state index in [0.29, 0.717) is 27.4 Å². The summed E-state index contributed by atoms with van der Waals surface area (Å²) >= 11 is 3.15. The highest BCUT2D eigenvalue weighted by molar-refractivity contribution is 9.10. The molecule has 0 spiro atoms. The minimum atomic E-state index is -0.577. The van der Waals surface area contributed by atoms with Crippen LogP contribution in [-0.2, 0) is 0 Å². The number of hydrogen-bond donors (Lipinski definition) is 2. The highest BCUT2D eigenvalue weighted by Crippen LogP contribution is 2.23. The number of hydrogen-bond acceptors (Lipinski definition) is 5. The summed E-state index contributed by atoms with van der Waals surface area (Å²) in [6.45, 7) is 3.38. The fourth-order valence-electron chi connectivity index (χ4n) is 2.77. The summed E-state index contributed by atoms with van der Waals surface area (Å²) in [6, 6.07) is 11.2. The molecule has 2 aromatic heterocycles. The van der Waals surface area contributed by atoms with Crippen LogP contribution in [0.4, 0.5) is 5.69 Å². The average molecular weight is 460 g/mol. The third-order valence-corrected chi connectivity index (χ3v) is 4.60. The van der Waals surface area contributed by atoms with Gasteiger partial charge in [0, 0.05) is 7.05 Å². The third-order valence-electron chi connectivity index (χ3n) is 4.17. The number of aryl methyl sites for hydroxylation is 2. The zero-order chi connectivity index (χ0) is 21.1. The van der Waals surface area contributed by atoms with E-state index in [-0.39, 0.29) is 11.3 Å². The van der Waals surface area contributed by atoms with Gasteiger partial charge >= 0.3 is 0 Å². The first-order valence-corrected chi connectivity index (χ1v) is 9.37. The number of carbonyl (C=O) groups is 3. The van der Waals surface area contributed by atoms with E-state index in [1.807, 2.05) is 0 Å². The van der Waals surface area contributed by atoms with Crippen molar-refractivity contribution >= 4 is 39.3 Å². The lowest BCUT2D eigenvalue weighted by atomic mass is 10.1. The van der Waals surface area contributed by atoms with Crippen molar-refractivity contribution in [3.8, 4) is 0 Å². The van der Waals surface area contributed by atoms with Crippen molar-refractivity contribution in [1.82, 2.24) is 10.9 Å². The van der Waals surface area contributed by atoms with E-state index in [2.05, 4.69) is 26.8 Å². The van der Waals surface area contributed by atoms with E-state index < -0.39 is 17.7 Å². The van der Waals surface area contributed by atoms with Crippen LogP contribution in [-0.4, -0.2) is 24.8 Å². The number of furan rings is 2. The maximum absolute atomic E-state index is 12.6. The number of nitrogens with one attached hydrogen (secondary N) is 2. The van der Waals surface area contributed by atoms with E-state index >= 15 is 0 Å². The van der Waals surface area contributed by atoms with Crippen molar-refractivity contribution in [3.63, 3.8) is 0 Å². The van der Waals surface area contributed by atoms with Gasteiger partial charge in [-0.05, 0) is 60.1 Å². The normalized spacial score (nSPS) is 10.5. The number of carbonyl (C=O) groups excluding carboxylic acids is 3.